The highest BCUT2D eigenvalue weighted by atomic mass is 15.1. The molecule has 0 aliphatic heterocycles. The highest BCUT2D eigenvalue weighted by Gasteiger charge is 2.16. The minimum absolute atomic E-state index is 0.677. The Balaban J connectivity index is 1.20. The third kappa shape index (κ3) is 8.94. The topological polar surface area (TPSA) is 8.17 Å². The zero-order valence-corrected chi connectivity index (χ0v) is 34.0. The van der Waals surface area contributed by atoms with Gasteiger partial charge in [-0.25, -0.2) is 0 Å². The van der Waals surface area contributed by atoms with Gasteiger partial charge in [-0.3, -0.25) is 0 Å². The van der Waals surface area contributed by atoms with E-state index < -0.39 is 0 Å². The van der Waals surface area contributed by atoms with Gasteiger partial charge in [0.2, 0.25) is 0 Å². The van der Waals surface area contributed by atoms with Crippen LogP contribution in [0.25, 0.3) is 55.3 Å². The zero-order chi connectivity index (χ0) is 41.0. The van der Waals surface area contributed by atoms with E-state index in [1.54, 1.807) is 0 Å². The summed E-state index contributed by atoms with van der Waals surface area (Å²) in [6.45, 7) is 17.8. The summed E-state index contributed by atoms with van der Waals surface area (Å²) in [7, 11) is 0. The number of hydrogen-bond donors (Lipinski definition) is 0. The number of hydrogen-bond acceptors (Lipinski definition) is 1. The lowest BCUT2D eigenvalue weighted by Crippen LogP contribution is -2.20. The van der Waals surface area contributed by atoms with Crippen LogP contribution in [0.4, 0.5) is 5.69 Å². The maximum absolute atomic E-state index is 4.45. The summed E-state index contributed by atoms with van der Waals surface area (Å²) in [4.78, 5) is 2.32. The van der Waals surface area contributed by atoms with Gasteiger partial charge in [0.15, 0.2) is 0 Å². The Morgan fingerprint density at radius 2 is 1.31 bits per heavy atom. The first-order valence-electron chi connectivity index (χ1n) is 20.1. The Bertz CT molecular complexity index is 2780. The van der Waals surface area contributed by atoms with E-state index >= 15 is 0 Å². The van der Waals surface area contributed by atoms with Crippen molar-refractivity contribution in [3.63, 3.8) is 0 Å². The molecule has 1 aromatic heterocycles. The second kappa shape index (κ2) is 19.1. The molecule has 2 heteroatoms. The summed E-state index contributed by atoms with van der Waals surface area (Å²) in [6.07, 6.45) is 22.9. The molecule has 0 N–H and O–H groups in total. The molecule has 0 bridgehead atoms. The largest absolute Gasteiger partial charge is 0.342 e. The third-order valence-corrected chi connectivity index (χ3v) is 10.5. The molecule has 288 valence electrons. The fraction of sp³-hybridized carbons (Fsp3) is 0.0526. The predicted octanol–water partition coefficient (Wildman–Crippen LogP) is 15.4. The molecule has 0 unspecified atom stereocenters. The van der Waals surface area contributed by atoms with Crippen molar-refractivity contribution >= 4 is 44.2 Å². The highest BCUT2D eigenvalue weighted by Crippen LogP contribution is 2.37. The van der Waals surface area contributed by atoms with Crippen LogP contribution < -0.4 is 4.90 Å². The van der Waals surface area contributed by atoms with Crippen LogP contribution in [0, 0.1) is 0 Å². The lowest BCUT2D eigenvalue weighted by molar-refractivity contribution is 1.01. The summed E-state index contributed by atoms with van der Waals surface area (Å²) in [5.74, 6) is 0. The van der Waals surface area contributed by atoms with Crippen molar-refractivity contribution in [3.05, 3.63) is 261 Å². The molecule has 0 aliphatic carbocycles. The monoisotopic (exact) mass is 762 g/mol. The van der Waals surface area contributed by atoms with Gasteiger partial charge in [0.05, 0.1) is 11.0 Å². The van der Waals surface area contributed by atoms with Crippen LogP contribution in [0.3, 0.4) is 0 Å². The molecule has 1 heterocycles. The fourth-order valence-corrected chi connectivity index (χ4v) is 7.60. The summed E-state index contributed by atoms with van der Waals surface area (Å²) in [5.41, 5.74) is 14.4. The highest BCUT2D eigenvalue weighted by molar-refractivity contribution is 6.14. The fourth-order valence-electron chi connectivity index (χ4n) is 7.60. The van der Waals surface area contributed by atoms with Crippen LogP contribution in [0.1, 0.15) is 30.5 Å². The number of rotatable bonds is 15. The first-order valence-corrected chi connectivity index (χ1v) is 20.1. The number of nitrogens with zero attached hydrogens (tertiary/aromatic N) is 2. The van der Waals surface area contributed by atoms with Gasteiger partial charge in [-0.05, 0) is 107 Å². The van der Waals surface area contributed by atoms with E-state index in [0.29, 0.717) is 6.54 Å². The van der Waals surface area contributed by atoms with Gasteiger partial charge in [0.1, 0.15) is 0 Å². The van der Waals surface area contributed by atoms with E-state index in [9.17, 15) is 0 Å². The number of para-hydroxylation sites is 3. The van der Waals surface area contributed by atoms with Gasteiger partial charge < -0.3 is 9.47 Å². The lowest BCUT2D eigenvalue weighted by atomic mass is 9.91. The summed E-state index contributed by atoms with van der Waals surface area (Å²) < 4.78 is 2.35. The SMILES string of the molecule is C=C/C(=C\C=C(/C)N(C/C=C\C=C(/C=C)c1cccc2c1c1ccccc1n2-c1ccccc1)c1ccccc1)c1ccc(-c2ccccc2)c(C(=C)/C=C\C=C/C)c1. The maximum Gasteiger partial charge on any atom is 0.0547 e. The molecule has 0 amide bonds. The minimum atomic E-state index is 0.677. The first-order chi connectivity index (χ1) is 29.0. The molecule has 2 nitrogen and oxygen atoms in total. The van der Waals surface area contributed by atoms with Gasteiger partial charge >= 0.3 is 0 Å². The van der Waals surface area contributed by atoms with E-state index in [1.807, 2.05) is 43.4 Å². The summed E-state index contributed by atoms with van der Waals surface area (Å²) in [5, 5.41) is 2.44. The van der Waals surface area contributed by atoms with Crippen LogP contribution in [-0.2, 0) is 0 Å². The Morgan fingerprint density at radius 3 is 2.03 bits per heavy atom. The Kier molecular flexibility index (Phi) is 12.9. The van der Waals surface area contributed by atoms with Crippen LogP contribution in [0.15, 0.2) is 244 Å². The Labute approximate surface area is 350 Å². The first kappa shape index (κ1) is 39.8. The predicted molar refractivity (Wildman–Crippen MR) is 259 cm³/mol. The van der Waals surface area contributed by atoms with E-state index in [4.69, 9.17) is 0 Å². The summed E-state index contributed by atoms with van der Waals surface area (Å²) >= 11 is 0. The van der Waals surface area contributed by atoms with Gasteiger partial charge in [-0.2, -0.15) is 0 Å². The van der Waals surface area contributed by atoms with Crippen molar-refractivity contribution in [2.75, 3.05) is 11.4 Å². The number of aromatic nitrogens is 1. The molecule has 0 aliphatic rings. The average Bonchev–Trinajstić information content (AvgIpc) is 3.63. The number of allylic oxidation sites excluding steroid dienone is 14. The zero-order valence-electron chi connectivity index (χ0n) is 34.0. The quantitative estimate of drug-likeness (QED) is 0.0945. The molecule has 0 atom stereocenters. The van der Waals surface area contributed by atoms with E-state index in [2.05, 4.69) is 218 Å². The van der Waals surface area contributed by atoms with Gasteiger partial charge in [0, 0.05) is 34.4 Å². The second-order valence-electron chi connectivity index (χ2n) is 14.3. The Morgan fingerprint density at radius 1 is 0.627 bits per heavy atom. The van der Waals surface area contributed by atoms with Crippen LogP contribution in [-0.4, -0.2) is 11.1 Å². The molecule has 0 radical (unpaired) electrons. The molecule has 0 saturated heterocycles. The molecule has 6 aromatic carbocycles. The summed E-state index contributed by atoms with van der Waals surface area (Å²) in [6, 6.07) is 53.4. The van der Waals surface area contributed by atoms with Crippen molar-refractivity contribution in [2.24, 2.45) is 0 Å². The molecule has 0 fully saturated rings. The third-order valence-electron chi connectivity index (χ3n) is 10.5. The number of fused-ring (bicyclic) bond motifs is 3. The van der Waals surface area contributed by atoms with Crippen LogP contribution >= 0.6 is 0 Å². The van der Waals surface area contributed by atoms with Crippen molar-refractivity contribution in [1.29, 1.82) is 0 Å². The van der Waals surface area contributed by atoms with Crippen LogP contribution in [0.2, 0.25) is 0 Å². The van der Waals surface area contributed by atoms with Crippen LogP contribution in [0.5, 0.6) is 0 Å². The number of benzene rings is 6. The standard InChI is InChI=1S/C57H50N2/c1-6-9-13-25-43(4)54-42-48(39-40-51(54)47-27-14-10-15-28-47)45(7-2)38-37-44(5)58(49-29-16-11-17-30-49)41-23-22-26-46(8-3)52-34-24-36-56-57(52)53-33-20-21-35-55(53)59(56)50-31-18-12-19-32-50/h6-40,42H,2-4,41H2,1,5H3/b9-6-,23-22-,25-13-,44-37+,45-38+,46-26+. The lowest BCUT2D eigenvalue weighted by Gasteiger charge is -2.24. The molecule has 7 aromatic rings. The van der Waals surface area contributed by atoms with Crippen molar-refractivity contribution in [2.45, 2.75) is 13.8 Å². The van der Waals surface area contributed by atoms with E-state index in [0.717, 1.165) is 61.6 Å². The molecule has 7 rings (SSSR count). The second-order valence-corrected chi connectivity index (χ2v) is 14.3. The minimum Gasteiger partial charge on any atom is -0.342 e. The van der Waals surface area contributed by atoms with E-state index in [1.165, 1.54) is 21.8 Å². The smallest absolute Gasteiger partial charge is 0.0547 e. The average molecular weight is 763 g/mol. The molecule has 0 spiro atoms. The van der Waals surface area contributed by atoms with Crippen molar-refractivity contribution in [1.82, 2.24) is 4.57 Å². The molecular formula is C57H50N2. The molecule has 0 saturated carbocycles. The van der Waals surface area contributed by atoms with Crippen molar-refractivity contribution in [3.8, 4) is 16.8 Å². The van der Waals surface area contributed by atoms with Gasteiger partial charge in [0.25, 0.3) is 0 Å². The Hall–Kier alpha value is -7.42. The molecule has 59 heavy (non-hydrogen) atoms. The van der Waals surface area contributed by atoms with Gasteiger partial charge in [-0.15, -0.1) is 0 Å². The van der Waals surface area contributed by atoms with Gasteiger partial charge in [-0.1, -0.05) is 190 Å². The normalized spacial score (nSPS) is 12.6. The van der Waals surface area contributed by atoms with E-state index in [-0.39, 0.29) is 0 Å². The molecular weight excluding hydrogens is 713 g/mol. The van der Waals surface area contributed by atoms with Crippen molar-refractivity contribution < 1.29 is 0 Å². The maximum atomic E-state index is 4.45. The number of anilines is 1.